The topological polar surface area (TPSA) is 101 Å². The number of hydrogen-bond donors (Lipinski definition) is 3. The van der Waals surface area contributed by atoms with Gasteiger partial charge in [-0.05, 0) is 55.8 Å². The van der Waals surface area contributed by atoms with Crippen LogP contribution in [0.4, 0.5) is 0 Å². The van der Waals surface area contributed by atoms with E-state index in [0.717, 1.165) is 18.4 Å². The maximum absolute atomic E-state index is 12.6. The molecule has 9 heteroatoms. The number of aromatic nitrogens is 1. The lowest BCUT2D eigenvalue weighted by molar-refractivity contribution is 0.0916. The molecule has 0 aliphatic heterocycles. The number of phenolic OH excluding ortho intramolecular Hbond substituents is 1. The summed E-state index contributed by atoms with van der Waals surface area (Å²) in [6, 6.07) is 10.5. The van der Waals surface area contributed by atoms with Crippen molar-refractivity contribution in [1.82, 2.24) is 15.6 Å². The van der Waals surface area contributed by atoms with E-state index < -0.39 is 0 Å². The van der Waals surface area contributed by atoms with Gasteiger partial charge in [-0.3, -0.25) is 9.59 Å². The molecule has 2 aromatic heterocycles. The molecule has 1 unspecified atom stereocenters. The number of hydrogen-bond acceptors (Lipinski definition) is 7. The molecule has 3 aromatic rings. The number of benzene rings is 1. The number of phenols is 1. The lowest BCUT2D eigenvalue weighted by Gasteiger charge is -2.14. The largest absolute Gasteiger partial charge is 0.508 e. The van der Waals surface area contributed by atoms with Crippen LogP contribution in [0.25, 0.3) is 0 Å². The van der Waals surface area contributed by atoms with Crippen LogP contribution in [0.5, 0.6) is 10.9 Å². The Morgan fingerprint density at radius 2 is 2.06 bits per heavy atom. The van der Waals surface area contributed by atoms with Gasteiger partial charge in [0.15, 0.2) is 0 Å². The van der Waals surface area contributed by atoms with E-state index in [0.29, 0.717) is 33.8 Å². The Kier molecular flexibility index (Phi) is 8.02. The summed E-state index contributed by atoms with van der Waals surface area (Å²) < 4.78 is 5.70. The highest BCUT2D eigenvalue weighted by Gasteiger charge is 2.18. The summed E-state index contributed by atoms with van der Waals surface area (Å²) >= 11 is 2.58. The highest BCUT2D eigenvalue weighted by atomic mass is 32.1. The van der Waals surface area contributed by atoms with Gasteiger partial charge in [-0.15, -0.1) is 11.3 Å². The van der Waals surface area contributed by atoms with Crippen LogP contribution in [-0.2, 0) is 6.42 Å². The van der Waals surface area contributed by atoms with Crippen LogP contribution in [-0.4, -0.2) is 41.1 Å². The Morgan fingerprint density at radius 1 is 1.23 bits per heavy atom. The summed E-state index contributed by atoms with van der Waals surface area (Å²) in [7, 11) is 0. The quantitative estimate of drug-likeness (QED) is 0.401. The molecule has 1 aromatic carbocycles. The van der Waals surface area contributed by atoms with Gasteiger partial charge < -0.3 is 20.5 Å². The third-order valence-corrected chi connectivity index (χ3v) is 6.36. The molecule has 1 atom stereocenters. The van der Waals surface area contributed by atoms with Crippen LogP contribution in [0.2, 0.25) is 0 Å². The monoisotopic (exact) mass is 459 g/mol. The summed E-state index contributed by atoms with van der Waals surface area (Å²) in [6.45, 7) is 4.41. The van der Waals surface area contributed by atoms with E-state index in [9.17, 15) is 14.7 Å². The third kappa shape index (κ3) is 6.80. The minimum Gasteiger partial charge on any atom is -0.508 e. The van der Waals surface area contributed by atoms with Crippen molar-refractivity contribution in [3.8, 4) is 10.9 Å². The number of ether oxygens (including phenoxy) is 1. The number of amides is 2. The SMILES string of the molecule is Cc1nc(OCCCc2cccc(O)c2)sc1C(=O)NC(C)CNC(=O)c1cccs1. The first-order valence-electron chi connectivity index (χ1n) is 9.93. The fourth-order valence-corrected chi connectivity index (χ4v) is 4.36. The second-order valence-corrected chi connectivity index (χ2v) is 8.99. The van der Waals surface area contributed by atoms with Gasteiger partial charge in [-0.1, -0.05) is 29.5 Å². The van der Waals surface area contributed by atoms with Crippen LogP contribution in [0, 0.1) is 6.92 Å². The molecule has 2 heterocycles. The zero-order chi connectivity index (χ0) is 22.2. The highest BCUT2D eigenvalue weighted by molar-refractivity contribution is 7.15. The second kappa shape index (κ2) is 10.9. The van der Waals surface area contributed by atoms with Crippen LogP contribution >= 0.6 is 22.7 Å². The number of aromatic hydroxyl groups is 1. The average Bonchev–Trinajstić information content (AvgIpc) is 3.39. The number of nitrogens with zero attached hydrogens (tertiary/aromatic N) is 1. The van der Waals surface area contributed by atoms with Crippen LogP contribution < -0.4 is 15.4 Å². The molecule has 3 N–H and O–H groups in total. The zero-order valence-electron chi connectivity index (χ0n) is 17.4. The van der Waals surface area contributed by atoms with E-state index >= 15 is 0 Å². The Morgan fingerprint density at radius 3 is 2.81 bits per heavy atom. The Balaban J connectivity index is 1.43. The average molecular weight is 460 g/mol. The number of thiophene rings is 1. The smallest absolute Gasteiger partial charge is 0.274 e. The number of thiazole rings is 1. The van der Waals surface area contributed by atoms with Crippen LogP contribution in [0.15, 0.2) is 41.8 Å². The predicted octanol–water partition coefficient (Wildman–Crippen LogP) is 3.78. The molecule has 0 spiro atoms. The maximum Gasteiger partial charge on any atom is 0.274 e. The molecule has 7 nitrogen and oxygen atoms in total. The van der Waals surface area contributed by atoms with E-state index in [1.54, 1.807) is 25.1 Å². The van der Waals surface area contributed by atoms with E-state index in [1.165, 1.54) is 22.7 Å². The van der Waals surface area contributed by atoms with Gasteiger partial charge in [0, 0.05) is 12.6 Å². The first-order chi connectivity index (χ1) is 14.9. The summed E-state index contributed by atoms with van der Waals surface area (Å²) in [5, 5.41) is 17.5. The molecule has 0 aliphatic carbocycles. The van der Waals surface area contributed by atoms with Gasteiger partial charge in [0.2, 0.25) is 0 Å². The zero-order valence-corrected chi connectivity index (χ0v) is 19.0. The normalized spacial score (nSPS) is 11.7. The number of carbonyl (C=O) groups is 2. The van der Waals surface area contributed by atoms with Crippen molar-refractivity contribution < 1.29 is 19.4 Å². The highest BCUT2D eigenvalue weighted by Crippen LogP contribution is 2.25. The Bertz CT molecular complexity index is 1020. The molecule has 0 aliphatic rings. The standard InChI is InChI=1S/C22H25N3O4S2/c1-14(13-23-20(27)18-9-5-11-30-18)24-21(28)19-15(2)25-22(31-19)29-10-4-7-16-6-3-8-17(26)12-16/h3,5-6,8-9,11-12,14,26H,4,7,10,13H2,1-2H3,(H,23,27)(H,24,28). The molecule has 0 saturated heterocycles. The van der Waals surface area contributed by atoms with E-state index in [-0.39, 0.29) is 23.6 Å². The van der Waals surface area contributed by atoms with Crippen LogP contribution in [0.1, 0.15) is 43.9 Å². The minimum atomic E-state index is -0.234. The maximum atomic E-state index is 12.6. The molecular formula is C22H25N3O4S2. The Hall–Kier alpha value is -2.91. The summed E-state index contributed by atoms with van der Waals surface area (Å²) in [5.41, 5.74) is 1.65. The van der Waals surface area contributed by atoms with Crippen molar-refractivity contribution in [2.75, 3.05) is 13.2 Å². The van der Waals surface area contributed by atoms with E-state index in [2.05, 4.69) is 15.6 Å². The molecule has 0 radical (unpaired) electrons. The summed E-state index contributed by atoms with van der Waals surface area (Å²) in [6.07, 6.45) is 1.55. The number of carbonyl (C=O) groups excluding carboxylic acids is 2. The van der Waals surface area contributed by atoms with E-state index in [4.69, 9.17) is 4.74 Å². The molecule has 0 saturated carbocycles. The lowest BCUT2D eigenvalue weighted by atomic mass is 10.1. The molecule has 164 valence electrons. The lowest BCUT2D eigenvalue weighted by Crippen LogP contribution is -2.41. The summed E-state index contributed by atoms with van der Waals surface area (Å²) in [5.74, 6) is -0.126. The fourth-order valence-electron chi connectivity index (χ4n) is 2.87. The van der Waals surface area contributed by atoms with Crippen molar-refractivity contribution in [2.24, 2.45) is 0 Å². The van der Waals surface area contributed by atoms with Crippen molar-refractivity contribution in [3.05, 3.63) is 62.8 Å². The Labute approximate surface area is 189 Å². The molecule has 3 rings (SSSR count). The molecular weight excluding hydrogens is 434 g/mol. The second-order valence-electron chi connectivity index (χ2n) is 7.08. The van der Waals surface area contributed by atoms with Gasteiger partial charge in [0.05, 0.1) is 17.2 Å². The van der Waals surface area contributed by atoms with Gasteiger partial charge >= 0.3 is 0 Å². The van der Waals surface area contributed by atoms with Crippen molar-refractivity contribution in [1.29, 1.82) is 0 Å². The number of nitrogens with one attached hydrogen (secondary N) is 2. The number of rotatable bonds is 10. The van der Waals surface area contributed by atoms with Gasteiger partial charge in [-0.25, -0.2) is 4.98 Å². The minimum absolute atomic E-state index is 0.147. The number of aryl methyl sites for hydroxylation is 2. The van der Waals surface area contributed by atoms with Crippen LogP contribution in [0.3, 0.4) is 0 Å². The van der Waals surface area contributed by atoms with Crippen molar-refractivity contribution in [2.45, 2.75) is 32.7 Å². The predicted molar refractivity (Wildman–Crippen MR) is 122 cm³/mol. The molecule has 0 fully saturated rings. The van der Waals surface area contributed by atoms with E-state index in [1.807, 2.05) is 30.5 Å². The molecule has 2 amide bonds. The fraction of sp³-hybridized carbons (Fsp3) is 0.318. The van der Waals surface area contributed by atoms with Gasteiger partial charge in [0.25, 0.3) is 17.0 Å². The summed E-state index contributed by atoms with van der Waals surface area (Å²) in [4.78, 5) is 30.1. The molecule has 31 heavy (non-hydrogen) atoms. The first kappa shape index (κ1) is 22.8. The van der Waals surface area contributed by atoms with Crippen molar-refractivity contribution >= 4 is 34.5 Å². The first-order valence-corrected chi connectivity index (χ1v) is 11.6. The van der Waals surface area contributed by atoms with Crippen molar-refractivity contribution in [3.63, 3.8) is 0 Å². The molecule has 0 bridgehead atoms. The third-order valence-electron chi connectivity index (χ3n) is 4.42. The van der Waals surface area contributed by atoms with Gasteiger partial charge in [-0.2, -0.15) is 0 Å². The van der Waals surface area contributed by atoms with Gasteiger partial charge in [0.1, 0.15) is 10.6 Å².